The molecule has 8 heteroatoms. The molecule has 0 aromatic heterocycles. The molecule has 7 nitrogen and oxygen atoms in total. The van der Waals surface area contributed by atoms with Gasteiger partial charge < -0.3 is 10.2 Å². The number of hydrogen-bond acceptors (Lipinski definition) is 4. The molecule has 0 aliphatic heterocycles. The molecule has 0 saturated carbocycles. The number of carbonyl (C=O) groups excluding carboxylic acids is 2. The summed E-state index contributed by atoms with van der Waals surface area (Å²) in [4.78, 5) is 28.4. The maximum atomic E-state index is 13.8. The number of aryl methyl sites for hydroxylation is 1. The highest BCUT2D eigenvalue weighted by Crippen LogP contribution is 2.24. The Balaban J connectivity index is 1.94. The van der Waals surface area contributed by atoms with Gasteiger partial charge >= 0.3 is 0 Å². The third kappa shape index (κ3) is 7.68. The Hall–Kier alpha value is -3.65. The van der Waals surface area contributed by atoms with Gasteiger partial charge in [-0.2, -0.15) is 0 Å². The molecule has 0 bridgehead atoms. The molecule has 0 radical (unpaired) electrons. The van der Waals surface area contributed by atoms with Gasteiger partial charge in [-0.05, 0) is 56.0 Å². The largest absolute Gasteiger partial charge is 0.354 e. The highest BCUT2D eigenvalue weighted by Gasteiger charge is 2.32. The van der Waals surface area contributed by atoms with Gasteiger partial charge in [-0.15, -0.1) is 0 Å². The second-order valence-electron chi connectivity index (χ2n) is 9.80. The predicted octanol–water partition coefficient (Wildman–Crippen LogP) is 4.42. The molecular weight excluding hydrogens is 498 g/mol. The van der Waals surface area contributed by atoms with Gasteiger partial charge in [-0.1, -0.05) is 80.1 Å². The van der Waals surface area contributed by atoms with Gasteiger partial charge in [0.15, 0.2) is 0 Å². The molecule has 2 amide bonds. The molecule has 3 rings (SSSR count). The summed E-state index contributed by atoms with van der Waals surface area (Å²) in [5.41, 5.74) is 2.37. The normalized spacial score (nSPS) is 12.1. The van der Waals surface area contributed by atoms with Gasteiger partial charge in [-0.3, -0.25) is 13.9 Å². The van der Waals surface area contributed by atoms with Gasteiger partial charge in [-0.25, -0.2) is 8.42 Å². The lowest BCUT2D eigenvalue weighted by Crippen LogP contribution is -2.52. The molecule has 0 fully saturated rings. The first-order valence-corrected chi connectivity index (χ1v) is 14.3. The summed E-state index contributed by atoms with van der Waals surface area (Å²) in [6.07, 6.45) is 0.532. The van der Waals surface area contributed by atoms with Gasteiger partial charge in [0.2, 0.25) is 11.8 Å². The van der Waals surface area contributed by atoms with Gasteiger partial charge in [0.1, 0.15) is 12.6 Å². The number of hydrogen-bond donors (Lipinski definition) is 1. The lowest BCUT2D eigenvalue weighted by molar-refractivity contribution is -0.138. The fraction of sp³-hybridized carbons (Fsp3) is 0.333. The maximum absolute atomic E-state index is 13.8. The van der Waals surface area contributed by atoms with Crippen molar-refractivity contribution in [2.45, 2.75) is 45.1 Å². The first kappa shape index (κ1) is 28.9. The molecule has 1 atom stereocenters. The van der Waals surface area contributed by atoms with E-state index in [-0.39, 0.29) is 23.3 Å². The molecule has 0 aliphatic carbocycles. The van der Waals surface area contributed by atoms with Crippen molar-refractivity contribution in [1.82, 2.24) is 10.2 Å². The first-order valence-electron chi connectivity index (χ1n) is 12.8. The molecule has 0 saturated heterocycles. The number of benzene rings is 3. The molecule has 1 N–H and O–H groups in total. The number of nitrogens with one attached hydrogen (secondary N) is 1. The van der Waals surface area contributed by atoms with E-state index in [1.54, 1.807) is 37.3 Å². The van der Waals surface area contributed by atoms with Crippen LogP contribution >= 0.6 is 0 Å². The summed E-state index contributed by atoms with van der Waals surface area (Å²) in [6.45, 7) is 7.91. The topological polar surface area (TPSA) is 86.8 Å². The Morgan fingerprint density at radius 2 is 1.42 bits per heavy atom. The minimum Gasteiger partial charge on any atom is -0.354 e. The number of nitrogens with zero attached hydrogens (tertiary/aromatic N) is 2. The highest BCUT2D eigenvalue weighted by atomic mass is 32.2. The van der Waals surface area contributed by atoms with Crippen LogP contribution < -0.4 is 9.62 Å². The zero-order chi connectivity index (χ0) is 27.7. The van der Waals surface area contributed by atoms with Crippen molar-refractivity contribution in [1.29, 1.82) is 0 Å². The number of anilines is 1. The Kier molecular flexibility index (Phi) is 10.1. The molecule has 0 unspecified atom stereocenters. The minimum atomic E-state index is -4.04. The van der Waals surface area contributed by atoms with Crippen molar-refractivity contribution in [3.05, 3.63) is 96.1 Å². The van der Waals surface area contributed by atoms with Crippen molar-refractivity contribution < 1.29 is 18.0 Å². The van der Waals surface area contributed by atoms with Crippen molar-refractivity contribution in [2.24, 2.45) is 5.92 Å². The van der Waals surface area contributed by atoms with E-state index >= 15 is 0 Å². The third-order valence-electron chi connectivity index (χ3n) is 6.27. The SMILES string of the molecule is Cc1ccc(N(CC(=O)N(CCc2ccccc2)[C@H](C)C(=O)NCC(C)C)S(=O)(=O)c2ccccc2)cc1. The van der Waals surface area contributed by atoms with Gasteiger partial charge in [0.05, 0.1) is 10.6 Å². The van der Waals surface area contributed by atoms with E-state index < -0.39 is 28.5 Å². The van der Waals surface area contributed by atoms with Crippen LogP contribution in [0, 0.1) is 12.8 Å². The molecule has 0 aliphatic rings. The zero-order valence-electron chi connectivity index (χ0n) is 22.5. The fourth-order valence-corrected chi connectivity index (χ4v) is 5.42. The van der Waals surface area contributed by atoms with E-state index in [4.69, 9.17) is 0 Å². The molecular formula is C30H37N3O4S. The molecule has 0 spiro atoms. The second-order valence-corrected chi connectivity index (χ2v) is 11.7. The molecule has 0 heterocycles. The zero-order valence-corrected chi connectivity index (χ0v) is 23.3. The average Bonchev–Trinajstić information content (AvgIpc) is 2.92. The highest BCUT2D eigenvalue weighted by molar-refractivity contribution is 7.92. The van der Waals surface area contributed by atoms with Crippen LogP contribution in [0.1, 0.15) is 31.9 Å². The van der Waals surface area contributed by atoms with E-state index in [9.17, 15) is 18.0 Å². The number of sulfonamides is 1. The summed E-state index contributed by atoms with van der Waals surface area (Å²) in [5, 5.41) is 2.90. The standard InChI is InChI=1S/C30H37N3O4S/c1-23(2)21-31-30(35)25(4)32(20-19-26-11-7-5-8-12-26)29(34)22-33(27-17-15-24(3)16-18-27)38(36,37)28-13-9-6-10-14-28/h5-18,23,25H,19-22H2,1-4H3,(H,31,35)/t25-/m1/s1. The Bertz CT molecular complexity index is 1290. The minimum absolute atomic E-state index is 0.0898. The number of carbonyl (C=O) groups is 2. The fourth-order valence-electron chi connectivity index (χ4n) is 3.98. The first-order chi connectivity index (χ1) is 18.1. The summed E-state index contributed by atoms with van der Waals surface area (Å²) in [5.74, 6) is -0.464. The predicted molar refractivity (Wildman–Crippen MR) is 151 cm³/mol. The molecule has 202 valence electrons. The summed E-state index contributed by atoms with van der Waals surface area (Å²) >= 11 is 0. The van der Waals surface area contributed by atoms with Crippen LogP contribution in [0.4, 0.5) is 5.69 Å². The lowest BCUT2D eigenvalue weighted by atomic mass is 10.1. The van der Waals surface area contributed by atoms with E-state index in [0.717, 1.165) is 15.4 Å². The van der Waals surface area contributed by atoms with Crippen LogP contribution in [0.25, 0.3) is 0 Å². The smallest absolute Gasteiger partial charge is 0.264 e. The summed E-state index contributed by atoms with van der Waals surface area (Å²) in [6, 6.07) is 24.0. The van der Waals surface area contributed by atoms with Crippen molar-refractivity contribution in [3.8, 4) is 0 Å². The van der Waals surface area contributed by atoms with E-state index in [2.05, 4.69) is 5.32 Å². The Labute approximate surface area is 226 Å². The van der Waals surface area contributed by atoms with E-state index in [1.165, 1.54) is 17.0 Å². The molecule has 3 aromatic carbocycles. The van der Waals surface area contributed by atoms with E-state index in [0.29, 0.717) is 18.7 Å². The molecule has 3 aromatic rings. The summed E-state index contributed by atoms with van der Waals surface area (Å²) < 4.78 is 28.5. The van der Waals surface area contributed by atoms with Crippen molar-refractivity contribution in [2.75, 3.05) is 23.9 Å². The average molecular weight is 536 g/mol. The Morgan fingerprint density at radius 3 is 2.00 bits per heavy atom. The maximum Gasteiger partial charge on any atom is 0.264 e. The lowest BCUT2D eigenvalue weighted by Gasteiger charge is -2.32. The number of amides is 2. The third-order valence-corrected chi connectivity index (χ3v) is 8.06. The van der Waals surface area contributed by atoms with Crippen LogP contribution in [0.15, 0.2) is 89.8 Å². The van der Waals surface area contributed by atoms with Gasteiger partial charge in [0, 0.05) is 13.1 Å². The van der Waals surface area contributed by atoms with Gasteiger partial charge in [0.25, 0.3) is 10.0 Å². The van der Waals surface area contributed by atoms with E-state index in [1.807, 2.05) is 63.2 Å². The van der Waals surface area contributed by atoms with Crippen LogP contribution in [-0.4, -0.2) is 50.8 Å². The van der Waals surface area contributed by atoms with Crippen molar-refractivity contribution >= 4 is 27.5 Å². The van der Waals surface area contributed by atoms with Crippen LogP contribution in [0.2, 0.25) is 0 Å². The summed E-state index contributed by atoms with van der Waals surface area (Å²) in [7, 11) is -4.04. The van der Waals surface area contributed by atoms with Crippen LogP contribution in [0.5, 0.6) is 0 Å². The second kappa shape index (κ2) is 13.2. The molecule has 38 heavy (non-hydrogen) atoms. The number of rotatable bonds is 12. The Morgan fingerprint density at radius 1 is 0.842 bits per heavy atom. The quantitative estimate of drug-likeness (QED) is 0.372. The van der Waals surface area contributed by atoms with Crippen LogP contribution in [0.3, 0.4) is 0 Å². The monoisotopic (exact) mass is 535 g/mol. The van der Waals surface area contributed by atoms with Crippen molar-refractivity contribution in [3.63, 3.8) is 0 Å². The van der Waals surface area contributed by atoms with Crippen LogP contribution in [-0.2, 0) is 26.0 Å².